The van der Waals surface area contributed by atoms with Crippen LogP contribution in [-0.4, -0.2) is 53.9 Å². The highest BCUT2D eigenvalue weighted by molar-refractivity contribution is 5.74. The molecule has 0 bridgehead atoms. The van der Waals surface area contributed by atoms with E-state index in [-0.39, 0.29) is 6.03 Å². The monoisotopic (exact) mass is 289 g/mol. The van der Waals surface area contributed by atoms with Crippen LogP contribution in [0.25, 0.3) is 0 Å². The Morgan fingerprint density at radius 2 is 1.95 bits per heavy atom. The molecule has 114 valence electrons. The molecule has 0 saturated carbocycles. The van der Waals surface area contributed by atoms with Gasteiger partial charge in [-0.25, -0.2) is 4.79 Å². The van der Waals surface area contributed by atoms with E-state index in [1.807, 2.05) is 11.8 Å². The third-order valence-corrected chi connectivity index (χ3v) is 4.28. The predicted molar refractivity (Wildman–Crippen MR) is 81.5 cm³/mol. The number of rotatable bonds is 2. The molecule has 21 heavy (non-hydrogen) atoms. The molecule has 0 aromatic carbocycles. The Hall–Kier alpha value is -1.85. The number of piperazine rings is 1. The summed E-state index contributed by atoms with van der Waals surface area (Å²) in [5.74, 6) is 0.964. The zero-order valence-electron chi connectivity index (χ0n) is 12.6. The topological polar surface area (TPSA) is 61.4 Å². The van der Waals surface area contributed by atoms with Crippen LogP contribution in [0, 0.1) is 0 Å². The zero-order valence-corrected chi connectivity index (χ0v) is 12.6. The van der Waals surface area contributed by atoms with Crippen LogP contribution in [0.4, 0.5) is 10.6 Å². The highest BCUT2D eigenvalue weighted by Crippen LogP contribution is 2.22. The number of hydrogen-bond donors (Lipinski definition) is 1. The van der Waals surface area contributed by atoms with E-state index in [1.165, 1.54) is 24.1 Å². The van der Waals surface area contributed by atoms with Crippen LogP contribution < -0.4 is 10.2 Å². The minimum atomic E-state index is 0.0358. The van der Waals surface area contributed by atoms with Gasteiger partial charge in [0.2, 0.25) is 0 Å². The van der Waals surface area contributed by atoms with Crippen molar-refractivity contribution in [3.05, 3.63) is 17.3 Å². The summed E-state index contributed by atoms with van der Waals surface area (Å²) in [5, 5.41) is 11.6. The van der Waals surface area contributed by atoms with Gasteiger partial charge in [-0.3, -0.25) is 0 Å². The van der Waals surface area contributed by atoms with Crippen molar-refractivity contribution in [2.45, 2.75) is 32.6 Å². The number of aryl methyl sites for hydroxylation is 2. The number of urea groups is 1. The Labute approximate surface area is 125 Å². The second kappa shape index (κ2) is 6.28. The van der Waals surface area contributed by atoms with E-state index in [9.17, 15) is 4.79 Å². The quantitative estimate of drug-likeness (QED) is 0.889. The summed E-state index contributed by atoms with van der Waals surface area (Å²) < 4.78 is 0. The van der Waals surface area contributed by atoms with E-state index in [0.29, 0.717) is 6.54 Å². The number of fused-ring (bicyclic) bond motifs is 1. The summed E-state index contributed by atoms with van der Waals surface area (Å²) in [6.45, 7) is 5.75. The van der Waals surface area contributed by atoms with Gasteiger partial charge in [-0.1, -0.05) is 0 Å². The Kier molecular flexibility index (Phi) is 4.22. The van der Waals surface area contributed by atoms with Crippen molar-refractivity contribution in [3.8, 4) is 0 Å². The second-order valence-electron chi connectivity index (χ2n) is 5.69. The fourth-order valence-electron chi connectivity index (χ4n) is 3.03. The molecule has 1 N–H and O–H groups in total. The van der Waals surface area contributed by atoms with Gasteiger partial charge in [-0.15, -0.1) is 5.10 Å². The molecule has 3 rings (SSSR count). The van der Waals surface area contributed by atoms with E-state index < -0.39 is 0 Å². The summed E-state index contributed by atoms with van der Waals surface area (Å²) in [5.41, 5.74) is 2.53. The first-order valence-electron chi connectivity index (χ1n) is 7.91. The highest BCUT2D eigenvalue weighted by Gasteiger charge is 2.22. The van der Waals surface area contributed by atoms with Gasteiger partial charge in [-0.05, 0) is 44.2 Å². The smallest absolute Gasteiger partial charge is 0.317 e. The SMILES string of the molecule is CCNC(=O)N1CCN(c2cc3c(nn2)CCCC3)CC1. The number of hydrogen-bond acceptors (Lipinski definition) is 4. The molecule has 0 radical (unpaired) electrons. The molecule has 1 aromatic rings. The molecular formula is C15H23N5O. The third kappa shape index (κ3) is 3.09. The van der Waals surface area contributed by atoms with Gasteiger partial charge in [0.05, 0.1) is 5.69 Å². The predicted octanol–water partition coefficient (Wildman–Crippen LogP) is 1.21. The maximum atomic E-state index is 11.8. The molecule has 1 fully saturated rings. The first kappa shape index (κ1) is 14.1. The summed E-state index contributed by atoms with van der Waals surface area (Å²) in [7, 11) is 0. The van der Waals surface area contributed by atoms with E-state index in [0.717, 1.165) is 44.8 Å². The lowest BCUT2D eigenvalue weighted by Gasteiger charge is -2.35. The first-order valence-corrected chi connectivity index (χ1v) is 7.91. The number of amides is 2. The minimum absolute atomic E-state index is 0.0358. The van der Waals surface area contributed by atoms with E-state index >= 15 is 0 Å². The molecule has 1 aliphatic carbocycles. The third-order valence-electron chi connectivity index (χ3n) is 4.28. The van der Waals surface area contributed by atoms with E-state index in [4.69, 9.17) is 0 Å². The molecule has 1 aliphatic heterocycles. The van der Waals surface area contributed by atoms with E-state index in [2.05, 4.69) is 26.5 Å². The molecule has 1 saturated heterocycles. The van der Waals surface area contributed by atoms with Gasteiger partial charge in [0, 0.05) is 32.7 Å². The number of carbonyl (C=O) groups is 1. The maximum Gasteiger partial charge on any atom is 0.317 e. The molecule has 6 heteroatoms. The van der Waals surface area contributed by atoms with Gasteiger partial charge in [-0.2, -0.15) is 5.10 Å². The second-order valence-corrected chi connectivity index (χ2v) is 5.69. The van der Waals surface area contributed by atoms with Crippen molar-refractivity contribution in [1.29, 1.82) is 0 Å². The molecule has 1 aromatic heterocycles. The van der Waals surface area contributed by atoms with Gasteiger partial charge >= 0.3 is 6.03 Å². The van der Waals surface area contributed by atoms with Crippen molar-refractivity contribution in [3.63, 3.8) is 0 Å². The van der Waals surface area contributed by atoms with Crippen molar-refractivity contribution >= 4 is 11.8 Å². The molecule has 6 nitrogen and oxygen atoms in total. The van der Waals surface area contributed by atoms with Crippen LogP contribution in [0.5, 0.6) is 0 Å². The standard InChI is InChI=1S/C15H23N5O/c1-2-16-15(21)20-9-7-19(8-10-20)14-11-12-5-3-4-6-13(12)17-18-14/h11H,2-10H2,1H3,(H,16,21). The number of anilines is 1. The lowest BCUT2D eigenvalue weighted by molar-refractivity contribution is 0.195. The van der Waals surface area contributed by atoms with Crippen LogP contribution in [0.3, 0.4) is 0 Å². The van der Waals surface area contributed by atoms with Gasteiger partial charge < -0.3 is 15.1 Å². The zero-order chi connectivity index (χ0) is 14.7. The molecule has 0 spiro atoms. The molecule has 2 heterocycles. The van der Waals surface area contributed by atoms with Crippen LogP contribution in [0.15, 0.2) is 6.07 Å². The summed E-state index contributed by atoms with van der Waals surface area (Å²) in [4.78, 5) is 15.9. The Morgan fingerprint density at radius 1 is 1.19 bits per heavy atom. The van der Waals surface area contributed by atoms with Crippen LogP contribution in [0.2, 0.25) is 0 Å². The normalized spacial score (nSPS) is 18.3. The minimum Gasteiger partial charge on any atom is -0.352 e. The number of carbonyl (C=O) groups excluding carboxylic acids is 1. The van der Waals surface area contributed by atoms with Crippen molar-refractivity contribution in [2.75, 3.05) is 37.6 Å². The van der Waals surface area contributed by atoms with Crippen molar-refractivity contribution in [2.24, 2.45) is 0 Å². The molecule has 0 atom stereocenters. The molecular weight excluding hydrogens is 266 g/mol. The largest absolute Gasteiger partial charge is 0.352 e. The van der Waals surface area contributed by atoms with Crippen LogP contribution >= 0.6 is 0 Å². The molecule has 0 unspecified atom stereocenters. The lowest BCUT2D eigenvalue weighted by atomic mass is 9.97. The molecule has 2 amide bonds. The number of aromatic nitrogens is 2. The number of nitrogens with zero attached hydrogens (tertiary/aromatic N) is 4. The van der Waals surface area contributed by atoms with Crippen molar-refractivity contribution < 1.29 is 4.79 Å². The van der Waals surface area contributed by atoms with E-state index in [1.54, 1.807) is 0 Å². The average molecular weight is 289 g/mol. The average Bonchev–Trinajstić information content (AvgIpc) is 2.55. The molecule has 2 aliphatic rings. The number of nitrogens with one attached hydrogen (secondary N) is 1. The highest BCUT2D eigenvalue weighted by atomic mass is 16.2. The maximum absolute atomic E-state index is 11.8. The van der Waals surface area contributed by atoms with Crippen LogP contribution in [-0.2, 0) is 12.8 Å². The van der Waals surface area contributed by atoms with Crippen molar-refractivity contribution in [1.82, 2.24) is 20.4 Å². The van der Waals surface area contributed by atoms with Crippen LogP contribution in [0.1, 0.15) is 31.0 Å². The Balaban J connectivity index is 1.63. The Bertz CT molecular complexity index is 511. The van der Waals surface area contributed by atoms with Gasteiger partial charge in [0.25, 0.3) is 0 Å². The summed E-state index contributed by atoms with van der Waals surface area (Å²) in [6, 6.07) is 2.23. The summed E-state index contributed by atoms with van der Waals surface area (Å²) in [6.07, 6.45) is 4.67. The van der Waals surface area contributed by atoms with Gasteiger partial charge in [0.1, 0.15) is 0 Å². The summed E-state index contributed by atoms with van der Waals surface area (Å²) >= 11 is 0. The fraction of sp³-hybridized carbons (Fsp3) is 0.667. The Morgan fingerprint density at radius 3 is 2.71 bits per heavy atom. The van der Waals surface area contributed by atoms with Gasteiger partial charge in [0.15, 0.2) is 5.82 Å². The first-order chi connectivity index (χ1) is 10.3. The fourth-order valence-corrected chi connectivity index (χ4v) is 3.03. The lowest BCUT2D eigenvalue weighted by Crippen LogP contribution is -2.52.